The van der Waals surface area contributed by atoms with Crippen molar-refractivity contribution < 1.29 is 18.9 Å². The van der Waals surface area contributed by atoms with E-state index in [9.17, 15) is 5.26 Å². The van der Waals surface area contributed by atoms with Gasteiger partial charge in [0.25, 0.3) is 0 Å². The van der Waals surface area contributed by atoms with Gasteiger partial charge in [0.2, 0.25) is 11.8 Å². The van der Waals surface area contributed by atoms with E-state index in [4.69, 9.17) is 24.7 Å². The maximum Gasteiger partial charge on any atom is 0.244 e. The van der Waals surface area contributed by atoms with Gasteiger partial charge < -0.3 is 24.7 Å². The van der Waals surface area contributed by atoms with Gasteiger partial charge in [-0.2, -0.15) is 5.26 Å². The third-order valence-electron chi connectivity index (χ3n) is 5.23. The SMILES string of the molecule is COc1ccc(OCc2ccc([C@@H]3C(C#N)=C(N)Oc4n[nH]c(C)c43)cc2OC)cc1. The van der Waals surface area contributed by atoms with Crippen molar-refractivity contribution in [1.29, 1.82) is 5.26 Å². The number of hydrogen-bond donors (Lipinski definition) is 2. The van der Waals surface area contributed by atoms with Crippen LogP contribution in [-0.4, -0.2) is 24.4 Å². The smallest absolute Gasteiger partial charge is 0.244 e. The van der Waals surface area contributed by atoms with E-state index in [1.54, 1.807) is 14.2 Å². The highest BCUT2D eigenvalue weighted by molar-refractivity contribution is 5.56. The molecule has 0 spiro atoms. The second-order valence-corrected chi connectivity index (χ2v) is 7.03. The van der Waals surface area contributed by atoms with Crippen LogP contribution in [0.4, 0.5) is 0 Å². The minimum Gasteiger partial charge on any atom is -0.497 e. The molecule has 2 aromatic carbocycles. The number of nitriles is 1. The third kappa shape index (κ3) is 3.73. The molecule has 0 saturated heterocycles. The number of aromatic amines is 1. The van der Waals surface area contributed by atoms with Crippen molar-refractivity contribution in [2.75, 3.05) is 14.2 Å². The number of nitrogens with one attached hydrogen (secondary N) is 1. The quantitative estimate of drug-likeness (QED) is 0.629. The number of H-pyrrole nitrogens is 1. The number of nitrogens with two attached hydrogens (primary N) is 1. The monoisotopic (exact) mass is 418 g/mol. The zero-order valence-electron chi connectivity index (χ0n) is 17.4. The van der Waals surface area contributed by atoms with Crippen LogP contribution in [0.2, 0.25) is 0 Å². The fourth-order valence-electron chi connectivity index (χ4n) is 3.62. The van der Waals surface area contributed by atoms with Gasteiger partial charge in [0, 0.05) is 16.8 Å². The Morgan fingerprint density at radius 3 is 2.55 bits per heavy atom. The topological polar surface area (TPSA) is 115 Å². The van der Waals surface area contributed by atoms with Crippen LogP contribution in [0.1, 0.15) is 28.3 Å². The summed E-state index contributed by atoms with van der Waals surface area (Å²) in [5, 5.41) is 16.8. The van der Waals surface area contributed by atoms with Crippen molar-refractivity contribution in [3.8, 4) is 29.2 Å². The number of allylic oxidation sites excluding steroid dienone is 1. The van der Waals surface area contributed by atoms with Crippen LogP contribution in [0.3, 0.4) is 0 Å². The van der Waals surface area contributed by atoms with Gasteiger partial charge in [0.05, 0.1) is 20.1 Å². The average molecular weight is 418 g/mol. The summed E-state index contributed by atoms with van der Waals surface area (Å²) >= 11 is 0. The normalized spacial score (nSPS) is 15.0. The Kier molecular flexibility index (Phi) is 5.41. The second kappa shape index (κ2) is 8.32. The minimum atomic E-state index is -0.405. The van der Waals surface area contributed by atoms with E-state index >= 15 is 0 Å². The van der Waals surface area contributed by atoms with E-state index in [1.165, 1.54) is 0 Å². The molecule has 2 heterocycles. The zero-order chi connectivity index (χ0) is 22.0. The number of hydrogen-bond acceptors (Lipinski definition) is 7. The first-order valence-corrected chi connectivity index (χ1v) is 9.61. The maximum atomic E-state index is 9.72. The second-order valence-electron chi connectivity index (χ2n) is 7.03. The van der Waals surface area contributed by atoms with Gasteiger partial charge in [-0.05, 0) is 42.8 Å². The van der Waals surface area contributed by atoms with E-state index in [1.807, 2.05) is 49.4 Å². The predicted octanol–water partition coefficient (Wildman–Crippen LogP) is 3.53. The number of aryl methyl sites for hydroxylation is 1. The summed E-state index contributed by atoms with van der Waals surface area (Å²) in [7, 11) is 3.22. The highest BCUT2D eigenvalue weighted by atomic mass is 16.5. The first-order chi connectivity index (χ1) is 15.0. The average Bonchev–Trinajstić information content (AvgIpc) is 3.16. The molecule has 1 aromatic heterocycles. The molecule has 1 aliphatic rings. The van der Waals surface area contributed by atoms with Crippen LogP contribution in [0.15, 0.2) is 53.9 Å². The van der Waals surface area contributed by atoms with Gasteiger partial charge in [0.15, 0.2) is 0 Å². The molecule has 31 heavy (non-hydrogen) atoms. The Hall–Kier alpha value is -4.12. The minimum absolute atomic E-state index is 0.0531. The highest BCUT2D eigenvalue weighted by Crippen LogP contribution is 2.43. The summed E-state index contributed by atoms with van der Waals surface area (Å²) < 4.78 is 22.2. The fraction of sp³-hybridized carbons (Fsp3) is 0.217. The van der Waals surface area contributed by atoms with Crippen LogP contribution < -0.4 is 24.7 Å². The van der Waals surface area contributed by atoms with Gasteiger partial charge in [0.1, 0.15) is 35.5 Å². The molecule has 0 amide bonds. The maximum absolute atomic E-state index is 9.72. The van der Waals surface area contributed by atoms with Crippen LogP contribution in [0.25, 0.3) is 0 Å². The van der Waals surface area contributed by atoms with Gasteiger partial charge in [-0.15, -0.1) is 5.10 Å². The lowest BCUT2D eigenvalue weighted by Gasteiger charge is -2.24. The van der Waals surface area contributed by atoms with Crippen LogP contribution in [-0.2, 0) is 6.61 Å². The summed E-state index contributed by atoms with van der Waals surface area (Å²) in [6.45, 7) is 2.20. The first-order valence-electron chi connectivity index (χ1n) is 9.61. The molecule has 1 atom stereocenters. The van der Waals surface area contributed by atoms with Gasteiger partial charge >= 0.3 is 0 Å². The molecule has 1 aliphatic heterocycles. The van der Waals surface area contributed by atoms with Crippen molar-refractivity contribution in [1.82, 2.24) is 10.2 Å². The Balaban J connectivity index is 1.64. The van der Waals surface area contributed by atoms with Crippen LogP contribution in [0, 0.1) is 18.3 Å². The largest absolute Gasteiger partial charge is 0.497 e. The molecule has 0 aliphatic carbocycles. The van der Waals surface area contributed by atoms with E-state index in [0.717, 1.165) is 33.9 Å². The van der Waals surface area contributed by atoms with E-state index in [-0.39, 0.29) is 5.88 Å². The standard InChI is InChI=1S/C23H22N4O4/c1-13-20-21(18(11-24)22(25)31-23(20)27-26-13)14-4-5-15(19(10-14)29-3)12-30-17-8-6-16(28-2)7-9-17/h4-10,21H,12,25H2,1-3H3,(H,26,27)/t21-/m1/s1. The molecule has 4 rings (SSSR count). The van der Waals surface area contributed by atoms with Crippen molar-refractivity contribution in [2.24, 2.45) is 5.73 Å². The third-order valence-corrected chi connectivity index (χ3v) is 5.23. The number of ether oxygens (including phenoxy) is 4. The molecular formula is C23H22N4O4. The molecule has 3 aromatic rings. The van der Waals surface area contributed by atoms with Crippen molar-refractivity contribution in [3.63, 3.8) is 0 Å². The molecule has 0 fully saturated rings. The molecule has 0 saturated carbocycles. The first kappa shape index (κ1) is 20.2. The zero-order valence-corrected chi connectivity index (χ0v) is 17.4. The number of nitrogens with zero attached hydrogens (tertiary/aromatic N) is 2. The van der Waals surface area contributed by atoms with Crippen LogP contribution >= 0.6 is 0 Å². The number of fused-ring (bicyclic) bond motifs is 1. The predicted molar refractivity (Wildman–Crippen MR) is 113 cm³/mol. The van der Waals surface area contributed by atoms with Gasteiger partial charge in [-0.3, -0.25) is 5.10 Å². The Labute approximate surface area is 179 Å². The van der Waals surface area contributed by atoms with E-state index < -0.39 is 5.92 Å². The molecule has 8 heteroatoms. The molecular weight excluding hydrogens is 396 g/mol. The Morgan fingerprint density at radius 1 is 1.13 bits per heavy atom. The van der Waals surface area contributed by atoms with Crippen LogP contribution in [0.5, 0.6) is 23.1 Å². The summed E-state index contributed by atoms with van der Waals surface area (Å²) in [5.41, 5.74) is 9.64. The highest BCUT2D eigenvalue weighted by Gasteiger charge is 2.34. The summed E-state index contributed by atoms with van der Waals surface area (Å²) in [6, 6.07) is 15.3. The number of aromatic nitrogens is 2. The number of benzene rings is 2. The lowest BCUT2D eigenvalue weighted by atomic mass is 9.84. The molecule has 158 valence electrons. The lowest BCUT2D eigenvalue weighted by Crippen LogP contribution is -2.21. The summed E-state index contributed by atoms with van der Waals surface area (Å²) in [4.78, 5) is 0. The lowest BCUT2D eigenvalue weighted by molar-refractivity contribution is 0.296. The Bertz CT molecular complexity index is 1180. The van der Waals surface area contributed by atoms with Gasteiger partial charge in [-0.1, -0.05) is 12.1 Å². The van der Waals surface area contributed by atoms with Crippen molar-refractivity contribution >= 4 is 0 Å². The van der Waals surface area contributed by atoms with E-state index in [2.05, 4.69) is 16.3 Å². The number of methoxy groups -OCH3 is 2. The summed E-state index contributed by atoms with van der Waals surface area (Å²) in [6.07, 6.45) is 0. The summed E-state index contributed by atoms with van der Waals surface area (Å²) in [5.74, 6) is 2.16. The fourth-order valence-corrected chi connectivity index (χ4v) is 3.62. The molecule has 8 nitrogen and oxygen atoms in total. The Morgan fingerprint density at radius 2 is 1.87 bits per heavy atom. The molecule has 0 unspecified atom stereocenters. The van der Waals surface area contributed by atoms with E-state index in [0.29, 0.717) is 23.8 Å². The van der Waals surface area contributed by atoms with Crippen molar-refractivity contribution in [2.45, 2.75) is 19.4 Å². The van der Waals surface area contributed by atoms with Gasteiger partial charge in [-0.25, -0.2) is 0 Å². The molecule has 0 bridgehead atoms. The number of rotatable bonds is 6. The molecule has 0 radical (unpaired) electrons. The van der Waals surface area contributed by atoms with Crippen molar-refractivity contribution in [3.05, 3.63) is 76.3 Å². The molecule has 3 N–H and O–H groups in total.